The monoisotopic (exact) mass is 257 g/mol. The Labute approximate surface area is 111 Å². The zero-order chi connectivity index (χ0) is 12.9. The van der Waals surface area contributed by atoms with E-state index in [4.69, 9.17) is 4.74 Å². The zero-order valence-corrected chi connectivity index (χ0v) is 10.5. The minimum absolute atomic E-state index is 0.745. The van der Waals surface area contributed by atoms with Crippen LogP contribution in [-0.2, 0) is 4.74 Å². The minimum Gasteiger partial charge on any atom is -0.378 e. The van der Waals surface area contributed by atoms with Gasteiger partial charge in [-0.25, -0.2) is 9.97 Å². The molecule has 98 valence electrons. The summed E-state index contributed by atoms with van der Waals surface area (Å²) < 4.78 is 5.34. The number of aromatic nitrogens is 3. The van der Waals surface area contributed by atoms with Crippen molar-refractivity contribution in [2.45, 2.75) is 0 Å². The summed E-state index contributed by atoms with van der Waals surface area (Å²) in [5, 5.41) is 3.21. The van der Waals surface area contributed by atoms with Crippen LogP contribution in [0.1, 0.15) is 0 Å². The summed E-state index contributed by atoms with van der Waals surface area (Å²) in [5.74, 6) is 1.69. The fraction of sp³-hybridized carbons (Fsp3) is 0.308. The molecule has 6 heteroatoms. The Morgan fingerprint density at radius 1 is 1.21 bits per heavy atom. The lowest BCUT2D eigenvalue weighted by Crippen LogP contribution is -2.36. The highest BCUT2D eigenvalue weighted by atomic mass is 16.5. The van der Waals surface area contributed by atoms with Crippen LogP contribution in [0.15, 0.2) is 36.9 Å². The molecule has 1 fully saturated rings. The summed E-state index contributed by atoms with van der Waals surface area (Å²) in [6.07, 6.45) is 5.07. The first kappa shape index (κ1) is 11.9. The predicted molar refractivity (Wildman–Crippen MR) is 72.6 cm³/mol. The zero-order valence-electron chi connectivity index (χ0n) is 10.5. The van der Waals surface area contributed by atoms with Gasteiger partial charge in [-0.2, -0.15) is 0 Å². The van der Waals surface area contributed by atoms with Crippen LogP contribution < -0.4 is 10.2 Å². The highest BCUT2D eigenvalue weighted by molar-refractivity contribution is 5.58. The fourth-order valence-electron chi connectivity index (χ4n) is 1.97. The molecule has 1 saturated heterocycles. The van der Waals surface area contributed by atoms with Crippen molar-refractivity contribution >= 4 is 17.3 Å². The largest absolute Gasteiger partial charge is 0.378 e. The van der Waals surface area contributed by atoms with Crippen molar-refractivity contribution in [3.8, 4) is 0 Å². The third-order valence-electron chi connectivity index (χ3n) is 2.92. The number of anilines is 3. The predicted octanol–water partition coefficient (Wildman–Crippen LogP) is 1.45. The second-order valence-corrected chi connectivity index (χ2v) is 4.23. The van der Waals surface area contributed by atoms with E-state index >= 15 is 0 Å². The number of pyridine rings is 1. The number of hydrogen-bond acceptors (Lipinski definition) is 6. The Bertz CT molecular complexity index is 528. The smallest absolute Gasteiger partial charge is 0.135 e. The molecule has 0 amide bonds. The molecule has 0 aromatic carbocycles. The summed E-state index contributed by atoms with van der Waals surface area (Å²) in [7, 11) is 0. The summed E-state index contributed by atoms with van der Waals surface area (Å²) in [4.78, 5) is 14.8. The summed E-state index contributed by atoms with van der Waals surface area (Å²) in [5.41, 5.74) is 0.911. The van der Waals surface area contributed by atoms with Crippen LogP contribution in [0.5, 0.6) is 0 Å². The molecule has 0 spiro atoms. The van der Waals surface area contributed by atoms with Crippen LogP contribution in [0.2, 0.25) is 0 Å². The number of rotatable bonds is 3. The van der Waals surface area contributed by atoms with Crippen molar-refractivity contribution in [2.75, 3.05) is 36.5 Å². The van der Waals surface area contributed by atoms with Crippen LogP contribution in [0.25, 0.3) is 0 Å². The van der Waals surface area contributed by atoms with Gasteiger partial charge in [0.05, 0.1) is 25.1 Å². The van der Waals surface area contributed by atoms with Gasteiger partial charge in [0.2, 0.25) is 0 Å². The second kappa shape index (κ2) is 5.62. The molecule has 3 heterocycles. The summed E-state index contributed by atoms with van der Waals surface area (Å²) >= 11 is 0. The van der Waals surface area contributed by atoms with E-state index in [1.54, 1.807) is 18.7 Å². The van der Waals surface area contributed by atoms with Crippen molar-refractivity contribution in [3.63, 3.8) is 0 Å². The maximum atomic E-state index is 5.34. The van der Waals surface area contributed by atoms with Gasteiger partial charge in [0, 0.05) is 25.4 Å². The number of nitrogens with one attached hydrogen (secondary N) is 1. The topological polar surface area (TPSA) is 63.2 Å². The maximum absolute atomic E-state index is 5.34. The Morgan fingerprint density at radius 3 is 2.89 bits per heavy atom. The summed E-state index contributed by atoms with van der Waals surface area (Å²) in [6, 6.07) is 5.77. The summed E-state index contributed by atoms with van der Waals surface area (Å²) in [6.45, 7) is 3.22. The van der Waals surface area contributed by atoms with Crippen LogP contribution in [-0.4, -0.2) is 41.3 Å². The van der Waals surface area contributed by atoms with E-state index < -0.39 is 0 Å². The molecule has 19 heavy (non-hydrogen) atoms. The quantitative estimate of drug-likeness (QED) is 0.898. The first-order valence-corrected chi connectivity index (χ1v) is 6.23. The van der Waals surface area contributed by atoms with Gasteiger partial charge in [-0.05, 0) is 12.1 Å². The van der Waals surface area contributed by atoms with Crippen molar-refractivity contribution in [1.82, 2.24) is 15.0 Å². The third kappa shape index (κ3) is 2.97. The molecular formula is C13H15N5O. The van der Waals surface area contributed by atoms with Gasteiger partial charge >= 0.3 is 0 Å². The molecule has 1 aliphatic rings. The lowest BCUT2D eigenvalue weighted by molar-refractivity contribution is 0.122. The molecule has 0 atom stereocenters. The van der Waals surface area contributed by atoms with Crippen LogP contribution in [0, 0.1) is 0 Å². The van der Waals surface area contributed by atoms with Gasteiger partial charge in [-0.15, -0.1) is 0 Å². The fourth-order valence-corrected chi connectivity index (χ4v) is 1.97. The number of nitrogens with zero attached hydrogens (tertiary/aromatic N) is 4. The maximum Gasteiger partial charge on any atom is 0.135 e. The van der Waals surface area contributed by atoms with E-state index in [0.29, 0.717) is 0 Å². The van der Waals surface area contributed by atoms with Gasteiger partial charge in [0.25, 0.3) is 0 Å². The van der Waals surface area contributed by atoms with Crippen molar-refractivity contribution in [1.29, 1.82) is 0 Å². The molecule has 2 aromatic heterocycles. The van der Waals surface area contributed by atoms with Crippen LogP contribution in [0.3, 0.4) is 0 Å². The van der Waals surface area contributed by atoms with Crippen LogP contribution in [0.4, 0.5) is 17.3 Å². The van der Waals surface area contributed by atoms with Gasteiger partial charge in [0.1, 0.15) is 18.0 Å². The lowest BCUT2D eigenvalue weighted by atomic mass is 10.3. The van der Waals surface area contributed by atoms with Gasteiger partial charge in [0.15, 0.2) is 0 Å². The lowest BCUT2D eigenvalue weighted by Gasteiger charge is -2.27. The number of ether oxygens (including phenoxy) is 1. The third-order valence-corrected chi connectivity index (χ3v) is 2.92. The molecule has 0 radical (unpaired) electrons. The highest BCUT2D eigenvalue weighted by Crippen LogP contribution is 2.18. The first-order chi connectivity index (χ1) is 9.42. The molecule has 3 rings (SSSR count). The molecular weight excluding hydrogens is 242 g/mol. The second-order valence-electron chi connectivity index (χ2n) is 4.23. The molecule has 1 N–H and O–H groups in total. The average molecular weight is 257 g/mol. The molecule has 0 bridgehead atoms. The molecule has 0 aliphatic carbocycles. The van der Waals surface area contributed by atoms with Crippen molar-refractivity contribution < 1.29 is 4.74 Å². The Kier molecular flexibility index (Phi) is 3.51. The van der Waals surface area contributed by atoms with E-state index in [-0.39, 0.29) is 0 Å². The number of hydrogen-bond donors (Lipinski definition) is 1. The van der Waals surface area contributed by atoms with E-state index in [1.165, 1.54) is 0 Å². The number of morpholine rings is 1. The van der Waals surface area contributed by atoms with E-state index in [1.807, 2.05) is 18.2 Å². The van der Waals surface area contributed by atoms with Gasteiger partial charge < -0.3 is 15.0 Å². The Morgan fingerprint density at radius 2 is 2.11 bits per heavy atom. The Hall–Kier alpha value is -2.21. The molecule has 0 unspecified atom stereocenters. The van der Waals surface area contributed by atoms with E-state index in [0.717, 1.165) is 43.6 Å². The molecule has 2 aromatic rings. The Balaban J connectivity index is 1.76. The molecule has 0 saturated carbocycles. The van der Waals surface area contributed by atoms with Crippen molar-refractivity contribution in [3.05, 3.63) is 36.9 Å². The van der Waals surface area contributed by atoms with E-state index in [9.17, 15) is 0 Å². The highest BCUT2D eigenvalue weighted by Gasteiger charge is 2.12. The average Bonchev–Trinajstić information content (AvgIpc) is 2.49. The minimum atomic E-state index is 0.745. The van der Waals surface area contributed by atoms with Gasteiger partial charge in [-0.1, -0.05) is 0 Å². The normalized spacial score (nSPS) is 15.3. The SMILES string of the molecule is c1cncc(Nc2cc(N3CCOCC3)ncn2)c1. The van der Waals surface area contributed by atoms with Crippen LogP contribution >= 0.6 is 0 Å². The van der Waals surface area contributed by atoms with E-state index in [2.05, 4.69) is 25.2 Å². The molecule has 6 nitrogen and oxygen atoms in total. The van der Waals surface area contributed by atoms with Gasteiger partial charge in [-0.3, -0.25) is 4.98 Å². The molecule has 1 aliphatic heterocycles. The first-order valence-electron chi connectivity index (χ1n) is 6.23. The standard InChI is InChI=1S/C13H15N5O/c1-2-11(9-14-3-1)17-12-8-13(16-10-15-12)18-4-6-19-7-5-18/h1-3,8-10H,4-7H2,(H,15,16,17). The van der Waals surface area contributed by atoms with Crippen molar-refractivity contribution in [2.24, 2.45) is 0 Å².